The molecule has 4 heterocycles. The summed E-state index contributed by atoms with van der Waals surface area (Å²) in [6.07, 6.45) is 5.14. The molecule has 0 radical (unpaired) electrons. The van der Waals surface area contributed by atoms with Crippen LogP contribution in [0.1, 0.15) is 46.6 Å². The number of carbonyl (C=O) groups is 1. The van der Waals surface area contributed by atoms with Gasteiger partial charge in [0.05, 0.1) is 25.1 Å². The minimum atomic E-state index is -0.986. The van der Waals surface area contributed by atoms with Crippen molar-refractivity contribution in [3.05, 3.63) is 39.1 Å². The van der Waals surface area contributed by atoms with Gasteiger partial charge in [-0.3, -0.25) is 19.8 Å². The second kappa shape index (κ2) is 7.51. The van der Waals surface area contributed by atoms with Gasteiger partial charge in [-0.2, -0.15) is 5.10 Å². The van der Waals surface area contributed by atoms with Crippen LogP contribution in [0.3, 0.4) is 0 Å². The Morgan fingerprint density at radius 3 is 2.70 bits per heavy atom. The van der Waals surface area contributed by atoms with Crippen LogP contribution in [0, 0.1) is 0 Å². The van der Waals surface area contributed by atoms with E-state index in [1.165, 1.54) is 0 Å². The number of nitrogens with zero attached hydrogens (tertiary/aromatic N) is 4. The molecule has 2 saturated heterocycles. The Kier molecular flexibility index (Phi) is 4.82. The largest absolute Gasteiger partial charge is 0.477 e. The molecule has 2 fully saturated rings. The summed E-state index contributed by atoms with van der Waals surface area (Å²) in [5.74, 6) is -0.324. The monoisotopic (exact) mass is 414 g/mol. The van der Waals surface area contributed by atoms with Crippen LogP contribution in [0.2, 0.25) is 0 Å². The Morgan fingerprint density at radius 1 is 1.20 bits per heavy atom. The van der Waals surface area contributed by atoms with Crippen molar-refractivity contribution in [3.63, 3.8) is 0 Å². The Balaban J connectivity index is 1.34. The smallest absolute Gasteiger partial charge is 0.354 e. The molecule has 0 atom stereocenters. The molecule has 0 amide bonds. The van der Waals surface area contributed by atoms with E-state index in [1.807, 2.05) is 0 Å². The van der Waals surface area contributed by atoms with E-state index in [-0.39, 0.29) is 16.7 Å². The van der Waals surface area contributed by atoms with Crippen LogP contribution in [-0.4, -0.2) is 75.5 Å². The van der Waals surface area contributed by atoms with Gasteiger partial charge in [0, 0.05) is 36.2 Å². The number of nitrogens with one attached hydrogen (secondary N) is 2. The Labute approximate surface area is 173 Å². The fraction of sp³-hybridized carbons (Fsp3) is 0.600. The zero-order chi connectivity index (χ0) is 20.7. The molecular formula is C20H26N6O4. The van der Waals surface area contributed by atoms with Crippen molar-refractivity contribution >= 4 is 11.9 Å². The molecule has 30 heavy (non-hydrogen) atoms. The average Bonchev–Trinajstić information content (AvgIpc) is 3.36. The van der Waals surface area contributed by atoms with Crippen molar-refractivity contribution in [2.45, 2.75) is 37.6 Å². The topological polar surface area (TPSA) is 127 Å². The van der Waals surface area contributed by atoms with Crippen LogP contribution in [0.15, 0.2) is 11.0 Å². The molecule has 0 saturated carbocycles. The number of likely N-dealkylation sites (tertiary alicyclic amines) is 1. The summed E-state index contributed by atoms with van der Waals surface area (Å²) in [5.41, 5.74) is 2.60. The maximum atomic E-state index is 12.7. The Morgan fingerprint density at radius 2 is 1.97 bits per heavy atom. The van der Waals surface area contributed by atoms with Crippen LogP contribution < -0.4 is 10.5 Å². The summed E-state index contributed by atoms with van der Waals surface area (Å²) >= 11 is 0. The molecule has 10 nitrogen and oxygen atoms in total. The van der Waals surface area contributed by atoms with Crippen molar-refractivity contribution in [3.8, 4) is 0 Å². The van der Waals surface area contributed by atoms with E-state index in [0.717, 1.165) is 63.1 Å². The summed E-state index contributed by atoms with van der Waals surface area (Å²) in [6, 6.07) is 0. The van der Waals surface area contributed by atoms with E-state index < -0.39 is 5.97 Å². The number of piperidine rings is 1. The molecule has 5 rings (SSSR count). The Hall–Kier alpha value is -2.72. The zero-order valence-corrected chi connectivity index (χ0v) is 16.8. The third-order valence-corrected chi connectivity index (χ3v) is 6.81. The second-order valence-electron chi connectivity index (χ2n) is 8.45. The van der Waals surface area contributed by atoms with Crippen LogP contribution in [-0.2, 0) is 23.1 Å². The molecule has 2 aliphatic heterocycles. The minimum absolute atomic E-state index is 0.00899. The van der Waals surface area contributed by atoms with Gasteiger partial charge in [-0.1, -0.05) is 0 Å². The highest BCUT2D eigenvalue weighted by Gasteiger charge is 2.44. The van der Waals surface area contributed by atoms with Gasteiger partial charge < -0.3 is 14.7 Å². The van der Waals surface area contributed by atoms with Gasteiger partial charge in [0.15, 0.2) is 0 Å². The number of carboxylic acid groups (broad SMARTS) is 1. The molecule has 1 aliphatic carbocycles. The SMILES string of the molecule is O=C(O)c1[nH]ncc1CN1CCC2(CCc3c2nc(N2CCOCC2)[nH]c3=O)CC1. The number of carboxylic acids is 1. The number of aromatic carboxylic acids is 1. The molecule has 1 spiro atoms. The van der Waals surface area contributed by atoms with Crippen molar-refractivity contribution in [1.82, 2.24) is 25.1 Å². The van der Waals surface area contributed by atoms with E-state index in [0.29, 0.717) is 31.3 Å². The lowest BCUT2D eigenvalue weighted by Gasteiger charge is -2.39. The van der Waals surface area contributed by atoms with Crippen molar-refractivity contribution in [2.24, 2.45) is 0 Å². The first-order valence-corrected chi connectivity index (χ1v) is 10.5. The summed E-state index contributed by atoms with van der Waals surface area (Å²) < 4.78 is 5.42. The van der Waals surface area contributed by atoms with E-state index >= 15 is 0 Å². The number of ether oxygens (including phenoxy) is 1. The third-order valence-electron chi connectivity index (χ3n) is 6.81. The molecule has 3 aliphatic rings. The van der Waals surface area contributed by atoms with Gasteiger partial charge in [-0.05, 0) is 38.8 Å². The Bertz CT molecular complexity index is 1000. The normalized spacial score (nSPS) is 21.1. The molecular weight excluding hydrogens is 388 g/mol. The first-order chi connectivity index (χ1) is 14.6. The molecule has 160 valence electrons. The van der Waals surface area contributed by atoms with Gasteiger partial charge in [-0.25, -0.2) is 9.78 Å². The number of anilines is 1. The highest BCUT2D eigenvalue weighted by molar-refractivity contribution is 5.86. The molecule has 0 unspecified atom stereocenters. The number of aromatic amines is 2. The fourth-order valence-corrected chi connectivity index (χ4v) is 5.05. The third kappa shape index (κ3) is 3.29. The minimum Gasteiger partial charge on any atom is -0.477 e. The standard InChI is InChI=1S/C20H26N6O4/c27-17-14-1-2-20(16(14)22-19(23-17)26-7-9-30-10-8-26)3-5-25(6-4-20)12-13-11-21-24-15(13)18(28)29/h11H,1-10,12H2,(H,21,24)(H,28,29)(H,22,23,27). The van der Waals surface area contributed by atoms with Crippen LogP contribution in [0.5, 0.6) is 0 Å². The van der Waals surface area contributed by atoms with Crippen LogP contribution in [0.4, 0.5) is 5.95 Å². The second-order valence-corrected chi connectivity index (χ2v) is 8.45. The van der Waals surface area contributed by atoms with Crippen molar-refractivity contribution < 1.29 is 14.6 Å². The lowest BCUT2D eigenvalue weighted by atomic mass is 9.76. The fourth-order valence-electron chi connectivity index (χ4n) is 5.05. The zero-order valence-electron chi connectivity index (χ0n) is 16.8. The summed E-state index contributed by atoms with van der Waals surface area (Å²) in [4.78, 5) is 36.4. The number of hydrogen-bond acceptors (Lipinski definition) is 7. The number of rotatable bonds is 4. The van der Waals surface area contributed by atoms with Crippen molar-refractivity contribution in [2.75, 3.05) is 44.3 Å². The van der Waals surface area contributed by atoms with Crippen molar-refractivity contribution in [1.29, 1.82) is 0 Å². The van der Waals surface area contributed by atoms with Gasteiger partial charge >= 0.3 is 5.97 Å². The highest BCUT2D eigenvalue weighted by atomic mass is 16.5. The molecule has 2 aromatic heterocycles. The maximum Gasteiger partial charge on any atom is 0.354 e. The van der Waals surface area contributed by atoms with Gasteiger partial charge in [0.1, 0.15) is 5.69 Å². The molecule has 3 N–H and O–H groups in total. The molecule has 0 bridgehead atoms. The summed E-state index contributed by atoms with van der Waals surface area (Å²) in [5, 5.41) is 15.7. The number of aromatic nitrogens is 4. The quantitative estimate of drug-likeness (QED) is 0.660. The predicted molar refractivity (Wildman–Crippen MR) is 108 cm³/mol. The highest BCUT2D eigenvalue weighted by Crippen LogP contribution is 2.44. The maximum absolute atomic E-state index is 12.7. The molecule has 0 aromatic carbocycles. The number of fused-ring (bicyclic) bond motifs is 2. The molecule has 10 heteroatoms. The predicted octanol–water partition coefficient (Wildman–Crippen LogP) is 0.508. The van der Waals surface area contributed by atoms with Crippen LogP contribution >= 0.6 is 0 Å². The summed E-state index contributed by atoms with van der Waals surface area (Å²) in [6.45, 7) is 5.00. The van der Waals surface area contributed by atoms with Crippen LogP contribution in [0.25, 0.3) is 0 Å². The van der Waals surface area contributed by atoms with E-state index in [1.54, 1.807) is 6.20 Å². The van der Waals surface area contributed by atoms with E-state index in [2.05, 4.69) is 25.0 Å². The number of hydrogen-bond donors (Lipinski definition) is 3. The average molecular weight is 414 g/mol. The number of H-pyrrole nitrogens is 2. The molecule has 2 aromatic rings. The number of morpholine rings is 1. The van der Waals surface area contributed by atoms with Gasteiger partial charge in [0.25, 0.3) is 5.56 Å². The lowest BCUT2D eigenvalue weighted by Crippen LogP contribution is -2.43. The first kappa shape index (κ1) is 19.3. The van der Waals surface area contributed by atoms with Gasteiger partial charge in [0.2, 0.25) is 5.95 Å². The first-order valence-electron chi connectivity index (χ1n) is 10.5. The van der Waals surface area contributed by atoms with E-state index in [4.69, 9.17) is 9.72 Å². The van der Waals surface area contributed by atoms with E-state index in [9.17, 15) is 14.7 Å². The van der Waals surface area contributed by atoms with Gasteiger partial charge in [-0.15, -0.1) is 0 Å². The lowest BCUT2D eigenvalue weighted by molar-refractivity contribution is 0.0686. The summed E-state index contributed by atoms with van der Waals surface area (Å²) in [7, 11) is 0.